The minimum absolute atomic E-state index is 0.207. The second-order valence-electron chi connectivity index (χ2n) is 5.77. The number of halogens is 1. The SMILES string of the molecule is C[C@H](c1ccc(Br)cc1)N1CCC(C(=O)N(C)C)CC1. The molecule has 20 heavy (non-hydrogen) atoms. The molecule has 1 fully saturated rings. The molecule has 1 saturated heterocycles. The molecule has 1 heterocycles. The average Bonchev–Trinajstić information content (AvgIpc) is 2.46. The molecule has 0 spiro atoms. The molecule has 1 aliphatic rings. The minimum Gasteiger partial charge on any atom is -0.349 e. The maximum atomic E-state index is 12.0. The standard InChI is InChI=1S/C16H23BrN2O/c1-12(13-4-6-15(17)7-5-13)19-10-8-14(9-11-19)16(20)18(2)3/h4-7,12,14H,8-11H2,1-3H3/t12-/m1/s1. The number of rotatable bonds is 3. The van der Waals surface area contributed by atoms with Crippen LogP contribution < -0.4 is 0 Å². The van der Waals surface area contributed by atoms with E-state index in [2.05, 4.69) is 52.0 Å². The monoisotopic (exact) mass is 338 g/mol. The van der Waals surface area contributed by atoms with E-state index in [1.165, 1.54) is 5.56 Å². The molecule has 0 bridgehead atoms. The van der Waals surface area contributed by atoms with Crippen molar-refractivity contribution in [2.75, 3.05) is 27.2 Å². The quantitative estimate of drug-likeness (QED) is 0.844. The van der Waals surface area contributed by atoms with Gasteiger partial charge in [-0.1, -0.05) is 28.1 Å². The predicted octanol–water partition coefficient (Wildman–Crippen LogP) is 3.31. The van der Waals surface area contributed by atoms with Crippen molar-refractivity contribution in [1.82, 2.24) is 9.80 Å². The van der Waals surface area contributed by atoms with Gasteiger partial charge in [-0.3, -0.25) is 9.69 Å². The van der Waals surface area contributed by atoms with Crippen molar-refractivity contribution in [3.05, 3.63) is 34.3 Å². The van der Waals surface area contributed by atoms with E-state index in [4.69, 9.17) is 0 Å². The van der Waals surface area contributed by atoms with Crippen LogP contribution in [0, 0.1) is 5.92 Å². The Kier molecular flexibility index (Phi) is 5.22. The molecule has 0 N–H and O–H groups in total. The maximum absolute atomic E-state index is 12.0. The molecule has 1 amide bonds. The van der Waals surface area contributed by atoms with Crippen molar-refractivity contribution >= 4 is 21.8 Å². The van der Waals surface area contributed by atoms with E-state index in [9.17, 15) is 4.79 Å². The smallest absolute Gasteiger partial charge is 0.225 e. The summed E-state index contributed by atoms with van der Waals surface area (Å²) < 4.78 is 1.11. The second kappa shape index (κ2) is 6.72. The van der Waals surface area contributed by atoms with Gasteiger partial charge >= 0.3 is 0 Å². The largest absolute Gasteiger partial charge is 0.349 e. The summed E-state index contributed by atoms with van der Waals surface area (Å²) in [6.45, 7) is 4.25. The van der Waals surface area contributed by atoms with E-state index in [0.717, 1.165) is 30.4 Å². The normalized spacial score (nSPS) is 18.8. The van der Waals surface area contributed by atoms with E-state index in [1.807, 2.05) is 14.1 Å². The van der Waals surface area contributed by atoms with Crippen molar-refractivity contribution in [2.45, 2.75) is 25.8 Å². The number of likely N-dealkylation sites (tertiary alicyclic amines) is 1. The average molecular weight is 339 g/mol. The van der Waals surface area contributed by atoms with E-state index >= 15 is 0 Å². The van der Waals surface area contributed by atoms with Crippen LogP contribution in [0.5, 0.6) is 0 Å². The number of piperidine rings is 1. The Hall–Kier alpha value is -0.870. The summed E-state index contributed by atoms with van der Waals surface area (Å²) in [6, 6.07) is 8.94. The van der Waals surface area contributed by atoms with E-state index in [1.54, 1.807) is 4.90 Å². The summed E-state index contributed by atoms with van der Waals surface area (Å²) in [7, 11) is 3.69. The number of nitrogens with zero attached hydrogens (tertiary/aromatic N) is 2. The highest BCUT2D eigenvalue weighted by Gasteiger charge is 2.28. The summed E-state index contributed by atoms with van der Waals surface area (Å²) in [4.78, 5) is 16.2. The number of amides is 1. The lowest BCUT2D eigenvalue weighted by atomic mass is 9.93. The summed E-state index contributed by atoms with van der Waals surface area (Å²) in [5.74, 6) is 0.485. The number of hydrogen-bond acceptors (Lipinski definition) is 2. The van der Waals surface area contributed by atoms with Crippen LogP contribution in [0.15, 0.2) is 28.7 Å². The Balaban J connectivity index is 1.93. The molecule has 0 unspecified atom stereocenters. The fourth-order valence-corrected chi connectivity index (χ4v) is 3.12. The second-order valence-corrected chi connectivity index (χ2v) is 6.69. The van der Waals surface area contributed by atoms with Crippen LogP contribution in [-0.2, 0) is 4.79 Å². The fraction of sp³-hybridized carbons (Fsp3) is 0.562. The topological polar surface area (TPSA) is 23.6 Å². The minimum atomic E-state index is 0.207. The molecular weight excluding hydrogens is 316 g/mol. The molecule has 3 nitrogen and oxygen atoms in total. The predicted molar refractivity (Wildman–Crippen MR) is 85.5 cm³/mol. The van der Waals surface area contributed by atoms with Crippen LogP contribution in [0.3, 0.4) is 0 Å². The highest BCUT2D eigenvalue weighted by atomic mass is 79.9. The lowest BCUT2D eigenvalue weighted by molar-refractivity contribution is -0.134. The van der Waals surface area contributed by atoms with Gasteiger partial charge < -0.3 is 4.90 Å². The first kappa shape index (κ1) is 15.5. The van der Waals surface area contributed by atoms with Crippen LogP contribution >= 0.6 is 15.9 Å². The van der Waals surface area contributed by atoms with Crippen LogP contribution in [0.2, 0.25) is 0 Å². The Morgan fingerprint density at radius 3 is 2.30 bits per heavy atom. The van der Waals surface area contributed by atoms with Gasteiger partial charge in [0.25, 0.3) is 0 Å². The van der Waals surface area contributed by atoms with E-state index < -0.39 is 0 Å². The maximum Gasteiger partial charge on any atom is 0.225 e. The molecule has 0 aliphatic carbocycles. The number of benzene rings is 1. The molecule has 4 heteroatoms. The molecule has 1 aromatic rings. The zero-order valence-corrected chi connectivity index (χ0v) is 14.1. The first-order valence-corrected chi connectivity index (χ1v) is 7.99. The van der Waals surface area contributed by atoms with Gasteiger partial charge in [0.05, 0.1) is 0 Å². The fourth-order valence-electron chi connectivity index (χ4n) is 2.85. The van der Waals surface area contributed by atoms with Crippen molar-refractivity contribution in [3.8, 4) is 0 Å². The van der Waals surface area contributed by atoms with Gasteiger partial charge in [-0.05, 0) is 50.6 Å². The molecule has 0 radical (unpaired) electrons. The first-order valence-electron chi connectivity index (χ1n) is 7.19. The molecular formula is C16H23BrN2O. The van der Waals surface area contributed by atoms with E-state index in [-0.39, 0.29) is 11.8 Å². The highest BCUT2D eigenvalue weighted by Crippen LogP contribution is 2.27. The zero-order chi connectivity index (χ0) is 14.7. The number of hydrogen-bond donors (Lipinski definition) is 0. The Morgan fingerprint density at radius 1 is 1.25 bits per heavy atom. The van der Waals surface area contributed by atoms with E-state index in [0.29, 0.717) is 6.04 Å². The third kappa shape index (κ3) is 3.61. The Labute approximate surface area is 130 Å². The lowest BCUT2D eigenvalue weighted by Crippen LogP contribution is -2.41. The summed E-state index contributed by atoms with van der Waals surface area (Å²) in [5.41, 5.74) is 1.34. The number of carbonyl (C=O) groups excluding carboxylic acids is 1. The summed E-state index contributed by atoms with van der Waals surface area (Å²) in [5, 5.41) is 0. The molecule has 0 aromatic heterocycles. The zero-order valence-electron chi connectivity index (χ0n) is 12.5. The third-order valence-corrected chi connectivity index (χ3v) is 4.75. The van der Waals surface area contributed by atoms with Crippen molar-refractivity contribution in [1.29, 1.82) is 0 Å². The molecule has 1 atom stereocenters. The van der Waals surface area contributed by atoms with Crippen molar-refractivity contribution in [3.63, 3.8) is 0 Å². The van der Waals surface area contributed by atoms with Crippen LogP contribution in [-0.4, -0.2) is 42.9 Å². The van der Waals surface area contributed by atoms with Gasteiger partial charge in [-0.25, -0.2) is 0 Å². The lowest BCUT2D eigenvalue weighted by Gasteiger charge is -2.36. The van der Waals surface area contributed by atoms with Gasteiger partial charge in [0.15, 0.2) is 0 Å². The van der Waals surface area contributed by atoms with Crippen molar-refractivity contribution in [2.24, 2.45) is 5.92 Å². The first-order chi connectivity index (χ1) is 9.49. The molecule has 2 rings (SSSR count). The van der Waals surface area contributed by atoms with Gasteiger partial charge in [-0.15, -0.1) is 0 Å². The molecule has 110 valence electrons. The molecule has 1 aromatic carbocycles. The molecule has 0 saturated carbocycles. The Bertz CT molecular complexity index is 450. The Morgan fingerprint density at radius 2 is 1.80 bits per heavy atom. The van der Waals surface area contributed by atoms with Crippen LogP contribution in [0.25, 0.3) is 0 Å². The van der Waals surface area contributed by atoms with Gasteiger partial charge in [-0.2, -0.15) is 0 Å². The van der Waals surface area contributed by atoms with Gasteiger partial charge in [0.1, 0.15) is 0 Å². The van der Waals surface area contributed by atoms with Gasteiger partial charge in [0, 0.05) is 30.5 Å². The highest BCUT2D eigenvalue weighted by molar-refractivity contribution is 9.10. The summed E-state index contributed by atoms with van der Waals surface area (Å²) >= 11 is 3.47. The third-order valence-electron chi connectivity index (χ3n) is 4.22. The van der Waals surface area contributed by atoms with Crippen molar-refractivity contribution < 1.29 is 4.79 Å². The van der Waals surface area contributed by atoms with Crippen LogP contribution in [0.1, 0.15) is 31.4 Å². The van der Waals surface area contributed by atoms with Crippen LogP contribution in [0.4, 0.5) is 0 Å². The summed E-state index contributed by atoms with van der Waals surface area (Å²) in [6.07, 6.45) is 1.94. The molecule has 1 aliphatic heterocycles. The number of carbonyl (C=O) groups is 1. The van der Waals surface area contributed by atoms with Gasteiger partial charge in [0.2, 0.25) is 5.91 Å².